The van der Waals surface area contributed by atoms with Crippen LogP contribution in [0, 0.1) is 20.2 Å². The summed E-state index contributed by atoms with van der Waals surface area (Å²) in [5, 5.41) is 22.1. The first kappa shape index (κ1) is 23.0. The summed E-state index contributed by atoms with van der Waals surface area (Å²) >= 11 is 0. The summed E-state index contributed by atoms with van der Waals surface area (Å²) in [6, 6.07) is 8.46. The molecule has 0 aliphatic carbocycles. The van der Waals surface area contributed by atoms with Gasteiger partial charge in [-0.05, 0) is 18.2 Å². The molecule has 11 nitrogen and oxygen atoms in total. The van der Waals surface area contributed by atoms with E-state index in [1.54, 1.807) is 0 Å². The first-order valence-electron chi connectivity index (χ1n) is 8.28. The molecule has 0 radical (unpaired) electrons. The Kier molecular flexibility index (Phi) is 7.03. The first-order valence-corrected chi connectivity index (χ1v) is 8.28. The Morgan fingerprint density at radius 3 is 2.06 bits per heavy atom. The number of rotatable bonds is 3. The Hall–Kier alpha value is -4.28. The number of nitrogens with zero attached hydrogens (tertiary/aromatic N) is 2. The van der Waals surface area contributed by atoms with Gasteiger partial charge in [0.2, 0.25) is 19.8 Å². The van der Waals surface area contributed by atoms with Crippen molar-refractivity contribution in [2.45, 2.75) is 14.9 Å². The third-order valence-corrected chi connectivity index (χ3v) is 4.14. The van der Waals surface area contributed by atoms with E-state index in [4.69, 9.17) is 18.9 Å². The predicted molar refractivity (Wildman–Crippen MR) is 113 cm³/mol. The Bertz CT molecular complexity index is 1100. The predicted octanol–water partition coefficient (Wildman–Crippen LogP) is 4.74. The normalized spacial score (nSPS) is 12.5. The number of nitro groups is 2. The summed E-state index contributed by atoms with van der Waals surface area (Å²) in [4.78, 5) is 22.7. The van der Waals surface area contributed by atoms with E-state index in [9.17, 15) is 20.2 Å². The van der Waals surface area contributed by atoms with Crippen LogP contribution < -0.4 is 18.9 Å². The Morgan fingerprint density at radius 1 is 0.871 bits per heavy atom. The second-order valence-corrected chi connectivity index (χ2v) is 5.89. The number of benzene rings is 2. The number of aromatic amines is 1. The van der Waals surface area contributed by atoms with Crippen LogP contribution in [0.2, 0.25) is 0 Å². The van der Waals surface area contributed by atoms with Gasteiger partial charge in [-0.3, -0.25) is 20.2 Å². The van der Waals surface area contributed by atoms with E-state index < -0.39 is 9.85 Å². The fraction of sp³-hybridized carbons (Fsp3) is 0.200. The van der Waals surface area contributed by atoms with Gasteiger partial charge < -0.3 is 23.9 Å². The molecule has 0 spiro atoms. The third kappa shape index (κ3) is 4.83. The lowest BCUT2D eigenvalue weighted by molar-refractivity contribution is -0.401. The van der Waals surface area contributed by atoms with Gasteiger partial charge in [0.05, 0.1) is 21.5 Å². The fourth-order valence-corrected chi connectivity index (χ4v) is 2.82. The molecule has 3 aromatic rings. The first-order chi connectivity index (χ1) is 14.0. The molecule has 0 unspecified atom stereocenters. The number of ether oxygens (including phenoxy) is 4. The molecule has 2 aliphatic rings. The molecule has 1 aromatic heterocycles. The molecule has 3 heterocycles. The average Bonchev–Trinajstić information content (AvgIpc) is 3.43. The molecule has 2 aromatic carbocycles. The van der Waals surface area contributed by atoms with Crippen LogP contribution in [-0.4, -0.2) is 28.4 Å². The van der Waals surface area contributed by atoms with Crippen molar-refractivity contribution in [3.05, 3.63) is 68.5 Å². The number of H-pyrrole nitrogens is 1. The van der Waals surface area contributed by atoms with Gasteiger partial charge in [0.1, 0.15) is 0 Å². The minimum atomic E-state index is -0.700. The number of hydrogen-bond donors (Lipinski definition) is 1. The maximum Gasteiger partial charge on any atom is 0.280 e. The minimum Gasteiger partial charge on any atom is -0.454 e. The zero-order valence-corrected chi connectivity index (χ0v) is 14.7. The van der Waals surface area contributed by atoms with Crippen LogP contribution >= 0.6 is 0 Å². The van der Waals surface area contributed by atoms with E-state index in [0.717, 1.165) is 28.5 Å². The molecule has 0 bridgehead atoms. The highest BCUT2D eigenvalue weighted by Crippen LogP contribution is 2.38. The van der Waals surface area contributed by atoms with Crippen molar-refractivity contribution in [3.63, 3.8) is 0 Å². The van der Waals surface area contributed by atoms with E-state index >= 15 is 0 Å². The van der Waals surface area contributed by atoms with Crippen LogP contribution in [0.4, 0.5) is 5.69 Å². The highest BCUT2D eigenvalue weighted by Gasteiger charge is 2.22. The van der Waals surface area contributed by atoms with Crippen molar-refractivity contribution in [1.29, 1.82) is 0 Å². The van der Waals surface area contributed by atoms with E-state index in [2.05, 4.69) is 4.98 Å². The Labute approximate surface area is 177 Å². The van der Waals surface area contributed by atoms with Crippen molar-refractivity contribution in [3.8, 4) is 23.0 Å². The van der Waals surface area contributed by atoms with Crippen molar-refractivity contribution in [1.82, 2.24) is 4.98 Å². The number of aromatic nitrogens is 1. The van der Waals surface area contributed by atoms with Gasteiger partial charge >= 0.3 is 0 Å². The quantitative estimate of drug-likeness (QED) is 0.463. The molecule has 2 aliphatic heterocycles. The lowest BCUT2D eigenvalue weighted by Gasteiger charge is -1.99. The summed E-state index contributed by atoms with van der Waals surface area (Å²) in [5.74, 6) is 2.25. The molecule has 31 heavy (non-hydrogen) atoms. The minimum absolute atomic E-state index is 0. The Balaban J connectivity index is 0.000000216. The fourth-order valence-electron chi connectivity index (χ4n) is 2.82. The van der Waals surface area contributed by atoms with Gasteiger partial charge in [0.15, 0.2) is 23.0 Å². The van der Waals surface area contributed by atoms with Crippen LogP contribution in [0.3, 0.4) is 0 Å². The number of hydrogen-bond acceptors (Lipinski definition) is 8. The Morgan fingerprint density at radius 2 is 1.45 bits per heavy atom. The molecule has 5 rings (SSSR count). The maximum absolute atomic E-state index is 10.8. The number of nitro benzene ring substituents is 1. The van der Waals surface area contributed by atoms with Gasteiger partial charge in [-0.15, -0.1) is 0 Å². The topological polar surface area (TPSA) is 139 Å². The largest absolute Gasteiger partial charge is 0.454 e. The molecule has 0 atom stereocenters. The number of fused-ring (bicyclic) bond motifs is 3. The molecule has 164 valence electrons. The molecular weight excluding hydrogens is 410 g/mol. The molecular formula is C20H21N3O8. The van der Waals surface area contributed by atoms with Crippen molar-refractivity contribution >= 4 is 22.7 Å². The van der Waals surface area contributed by atoms with E-state index in [1.165, 1.54) is 12.1 Å². The van der Waals surface area contributed by atoms with Crippen LogP contribution in [0.15, 0.2) is 42.7 Å². The average molecular weight is 431 g/mol. The molecule has 1 N–H and O–H groups in total. The lowest BCUT2D eigenvalue weighted by Crippen LogP contribution is -1.93. The molecule has 0 saturated heterocycles. The van der Waals surface area contributed by atoms with Crippen molar-refractivity contribution in [2.75, 3.05) is 13.6 Å². The van der Waals surface area contributed by atoms with E-state index in [1.807, 2.05) is 24.4 Å². The second-order valence-electron chi connectivity index (χ2n) is 5.89. The van der Waals surface area contributed by atoms with Crippen molar-refractivity contribution in [2.24, 2.45) is 0 Å². The monoisotopic (exact) mass is 431 g/mol. The van der Waals surface area contributed by atoms with Crippen LogP contribution in [-0.2, 0) is 0 Å². The smallest absolute Gasteiger partial charge is 0.280 e. The van der Waals surface area contributed by atoms with Gasteiger partial charge in [-0.1, -0.05) is 14.9 Å². The summed E-state index contributed by atoms with van der Waals surface area (Å²) in [6.45, 7) is 0.316. The third-order valence-electron chi connectivity index (χ3n) is 4.14. The van der Waals surface area contributed by atoms with Gasteiger partial charge in [-0.25, -0.2) is 0 Å². The zero-order valence-electron chi connectivity index (χ0n) is 14.7. The summed E-state index contributed by atoms with van der Waals surface area (Å²) in [5.41, 5.74) is 0.905. The van der Waals surface area contributed by atoms with Gasteiger partial charge in [0.25, 0.3) is 5.69 Å². The van der Waals surface area contributed by atoms with E-state index in [0.29, 0.717) is 18.7 Å². The zero-order chi connectivity index (χ0) is 20.4. The lowest BCUT2D eigenvalue weighted by atomic mass is 10.1. The van der Waals surface area contributed by atoms with Gasteiger partial charge in [0, 0.05) is 29.2 Å². The van der Waals surface area contributed by atoms with Crippen LogP contribution in [0.25, 0.3) is 17.0 Å². The SMILES string of the molecule is C.C.O=[N+]([O-])/C=C/c1cc2c(cc1[N+](=O)[O-])OCO2.c1cc2cc3c(cc2[nH]1)OCO3. The highest BCUT2D eigenvalue weighted by molar-refractivity contribution is 5.83. The number of nitrogens with one attached hydrogen (secondary N) is 1. The van der Waals surface area contributed by atoms with Gasteiger partial charge in [-0.2, -0.15) is 0 Å². The maximum atomic E-state index is 10.8. The summed E-state index contributed by atoms with van der Waals surface area (Å²) in [7, 11) is 0. The second kappa shape index (κ2) is 9.48. The molecule has 0 amide bonds. The molecule has 0 fully saturated rings. The van der Waals surface area contributed by atoms with Crippen molar-refractivity contribution < 1.29 is 28.8 Å². The summed E-state index contributed by atoms with van der Waals surface area (Å²) < 4.78 is 20.5. The van der Waals surface area contributed by atoms with E-state index in [-0.39, 0.29) is 38.6 Å². The van der Waals surface area contributed by atoms with Crippen LogP contribution in [0.5, 0.6) is 23.0 Å². The highest BCUT2D eigenvalue weighted by atomic mass is 16.7. The molecule has 0 saturated carbocycles. The summed E-state index contributed by atoms with van der Waals surface area (Å²) in [6.07, 6.45) is 3.57. The van der Waals surface area contributed by atoms with Crippen LogP contribution in [0.1, 0.15) is 20.4 Å². The molecule has 11 heteroatoms. The standard InChI is InChI=1S/C9H6N2O6.C9H7NO2.2CH4/c12-10(13)2-1-6-3-8-9(17-5-16-8)4-7(6)11(14)15;1-2-10-7-4-9-8(3-6(1)7)11-5-12-9;;/h1-4H,5H2;1-4,10H,5H2;2*1H4/b2-1+;;;.